The summed E-state index contributed by atoms with van der Waals surface area (Å²) in [4.78, 5) is 0. The summed E-state index contributed by atoms with van der Waals surface area (Å²) >= 11 is 0. The highest BCUT2D eigenvalue weighted by atomic mass is 16.5. The van der Waals surface area contributed by atoms with Crippen molar-refractivity contribution in [2.75, 3.05) is 0 Å². The standard InChI is InChI=1S/C18H13N3O3/c1-2-5-13(6-3-1)17-10-15(21-24-17)11-22-16-8-4-7-14(9-16)18-20-19-12-23-18/h1-10,12H,11H2. The number of nitrogens with zero attached hydrogens (tertiary/aromatic N) is 3. The fourth-order valence-electron chi connectivity index (χ4n) is 2.29. The molecule has 0 spiro atoms. The smallest absolute Gasteiger partial charge is 0.247 e. The lowest BCUT2D eigenvalue weighted by Gasteiger charge is -2.04. The van der Waals surface area contributed by atoms with Gasteiger partial charge in [0.15, 0.2) is 5.76 Å². The summed E-state index contributed by atoms with van der Waals surface area (Å²) in [6.07, 6.45) is 1.30. The Balaban J connectivity index is 1.46. The van der Waals surface area contributed by atoms with Crippen LogP contribution >= 0.6 is 0 Å². The highest BCUT2D eigenvalue weighted by Crippen LogP contribution is 2.24. The second-order valence-corrected chi connectivity index (χ2v) is 5.11. The van der Waals surface area contributed by atoms with Crippen LogP contribution in [0.4, 0.5) is 0 Å². The molecule has 0 radical (unpaired) electrons. The molecular weight excluding hydrogens is 306 g/mol. The largest absolute Gasteiger partial charge is 0.487 e. The summed E-state index contributed by atoms with van der Waals surface area (Å²) < 4.78 is 16.3. The Kier molecular flexibility index (Phi) is 3.77. The summed E-state index contributed by atoms with van der Waals surface area (Å²) in [6, 6.07) is 19.1. The molecule has 4 rings (SSSR count). The van der Waals surface area contributed by atoms with Gasteiger partial charge in [-0.3, -0.25) is 0 Å². The van der Waals surface area contributed by atoms with Crippen LogP contribution in [0.1, 0.15) is 5.69 Å². The normalized spacial score (nSPS) is 10.7. The van der Waals surface area contributed by atoms with Crippen LogP contribution in [0, 0.1) is 0 Å². The van der Waals surface area contributed by atoms with Gasteiger partial charge < -0.3 is 13.7 Å². The zero-order valence-electron chi connectivity index (χ0n) is 12.6. The number of ether oxygens (including phenoxy) is 1. The van der Waals surface area contributed by atoms with E-state index in [4.69, 9.17) is 13.7 Å². The van der Waals surface area contributed by atoms with Gasteiger partial charge in [0.1, 0.15) is 18.1 Å². The lowest BCUT2D eigenvalue weighted by molar-refractivity contribution is 0.290. The number of rotatable bonds is 5. The zero-order valence-corrected chi connectivity index (χ0v) is 12.6. The Labute approximate surface area is 137 Å². The monoisotopic (exact) mass is 319 g/mol. The van der Waals surface area contributed by atoms with Crippen molar-refractivity contribution in [2.24, 2.45) is 0 Å². The molecule has 0 atom stereocenters. The first-order valence-electron chi connectivity index (χ1n) is 7.39. The molecule has 2 aromatic carbocycles. The van der Waals surface area contributed by atoms with Crippen molar-refractivity contribution >= 4 is 0 Å². The number of hydrogen-bond acceptors (Lipinski definition) is 6. The van der Waals surface area contributed by atoms with E-state index < -0.39 is 0 Å². The van der Waals surface area contributed by atoms with Gasteiger partial charge in [-0.1, -0.05) is 41.6 Å². The van der Waals surface area contributed by atoms with Crippen LogP contribution in [-0.4, -0.2) is 15.4 Å². The van der Waals surface area contributed by atoms with Crippen LogP contribution in [0.15, 0.2) is 76.0 Å². The van der Waals surface area contributed by atoms with Gasteiger partial charge in [0.25, 0.3) is 0 Å². The molecule has 6 nitrogen and oxygen atoms in total. The lowest BCUT2D eigenvalue weighted by Crippen LogP contribution is -1.95. The van der Waals surface area contributed by atoms with Gasteiger partial charge in [0, 0.05) is 17.2 Å². The molecule has 4 aromatic rings. The molecule has 0 fully saturated rings. The van der Waals surface area contributed by atoms with E-state index in [1.165, 1.54) is 6.39 Å². The third-order valence-electron chi connectivity index (χ3n) is 3.44. The molecule has 0 aliphatic rings. The van der Waals surface area contributed by atoms with E-state index >= 15 is 0 Å². The molecular formula is C18H13N3O3. The predicted molar refractivity (Wildman–Crippen MR) is 86.0 cm³/mol. The molecule has 0 aliphatic heterocycles. The van der Waals surface area contributed by atoms with Crippen molar-refractivity contribution in [3.05, 3.63) is 72.8 Å². The topological polar surface area (TPSA) is 74.2 Å². The van der Waals surface area contributed by atoms with Gasteiger partial charge in [0.05, 0.1) is 0 Å². The molecule has 0 saturated heterocycles. The van der Waals surface area contributed by atoms with E-state index in [0.29, 0.717) is 24.0 Å². The van der Waals surface area contributed by atoms with Crippen LogP contribution < -0.4 is 4.74 Å². The molecule has 24 heavy (non-hydrogen) atoms. The molecule has 0 aliphatic carbocycles. The van der Waals surface area contributed by atoms with Crippen LogP contribution in [0.5, 0.6) is 5.75 Å². The first-order chi connectivity index (χ1) is 11.9. The van der Waals surface area contributed by atoms with Crippen LogP contribution in [0.25, 0.3) is 22.8 Å². The van der Waals surface area contributed by atoms with Gasteiger partial charge in [-0.2, -0.15) is 0 Å². The van der Waals surface area contributed by atoms with Gasteiger partial charge in [-0.15, -0.1) is 10.2 Å². The molecule has 0 N–H and O–H groups in total. The molecule has 0 amide bonds. The maximum absolute atomic E-state index is 5.77. The van der Waals surface area contributed by atoms with Crippen molar-refractivity contribution in [3.8, 4) is 28.5 Å². The van der Waals surface area contributed by atoms with Gasteiger partial charge >= 0.3 is 0 Å². The molecule has 2 aromatic heterocycles. The summed E-state index contributed by atoms with van der Waals surface area (Å²) in [6.45, 7) is 0.309. The Hall–Kier alpha value is -3.41. The SMILES string of the molecule is c1ccc(-c2cc(COc3cccc(-c4nnco4)c3)no2)cc1. The van der Waals surface area contributed by atoms with Crippen molar-refractivity contribution in [1.82, 2.24) is 15.4 Å². The van der Waals surface area contributed by atoms with Gasteiger partial charge in [0.2, 0.25) is 12.3 Å². The Morgan fingerprint density at radius 1 is 0.917 bits per heavy atom. The molecule has 0 bridgehead atoms. The van der Waals surface area contributed by atoms with Crippen LogP contribution in [-0.2, 0) is 6.61 Å². The molecule has 6 heteroatoms. The summed E-state index contributed by atoms with van der Waals surface area (Å²) in [5.74, 6) is 1.86. The third-order valence-corrected chi connectivity index (χ3v) is 3.44. The molecule has 118 valence electrons. The fraction of sp³-hybridized carbons (Fsp3) is 0.0556. The average Bonchev–Trinajstić information content (AvgIpc) is 3.33. The van der Waals surface area contributed by atoms with Crippen LogP contribution in [0.3, 0.4) is 0 Å². The quantitative estimate of drug-likeness (QED) is 0.554. The summed E-state index contributed by atoms with van der Waals surface area (Å²) in [5, 5.41) is 11.6. The highest BCUT2D eigenvalue weighted by Gasteiger charge is 2.08. The number of hydrogen-bond donors (Lipinski definition) is 0. The minimum Gasteiger partial charge on any atom is -0.487 e. The van der Waals surface area contributed by atoms with Crippen molar-refractivity contribution < 1.29 is 13.7 Å². The minimum atomic E-state index is 0.309. The third kappa shape index (κ3) is 3.03. The van der Waals surface area contributed by atoms with E-state index in [1.807, 2.05) is 60.7 Å². The summed E-state index contributed by atoms with van der Waals surface area (Å²) in [5.41, 5.74) is 2.50. The fourth-order valence-corrected chi connectivity index (χ4v) is 2.29. The maximum atomic E-state index is 5.77. The molecule has 0 saturated carbocycles. The van der Waals surface area contributed by atoms with E-state index in [-0.39, 0.29) is 0 Å². The lowest BCUT2D eigenvalue weighted by atomic mass is 10.2. The number of benzene rings is 2. The number of aromatic nitrogens is 3. The highest BCUT2D eigenvalue weighted by molar-refractivity contribution is 5.57. The van der Waals surface area contributed by atoms with Gasteiger partial charge in [-0.05, 0) is 18.2 Å². The van der Waals surface area contributed by atoms with E-state index in [1.54, 1.807) is 0 Å². The second kappa shape index (κ2) is 6.37. The first-order valence-corrected chi connectivity index (χ1v) is 7.39. The van der Waals surface area contributed by atoms with Crippen molar-refractivity contribution in [3.63, 3.8) is 0 Å². The van der Waals surface area contributed by atoms with Crippen molar-refractivity contribution in [1.29, 1.82) is 0 Å². The maximum Gasteiger partial charge on any atom is 0.247 e. The zero-order chi connectivity index (χ0) is 16.2. The van der Waals surface area contributed by atoms with Gasteiger partial charge in [-0.25, -0.2) is 0 Å². The second-order valence-electron chi connectivity index (χ2n) is 5.11. The Morgan fingerprint density at radius 3 is 2.62 bits per heavy atom. The Bertz CT molecular complexity index is 918. The van der Waals surface area contributed by atoms with E-state index in [2.05, 4.69) is 15.4 Å². The average molecular weight is 319 g/mol. The van der Waals surface area contributed by atoms with E-state index in [0.717, 1.165) is 16.8 Å². The minimum absolute atomic E-state index is 0.309. The van der Waals surface area contributed by atoms with E-state index in [9.17, 15) is 0 Å². The van der Waals surface area contributed by atoms with Crippen LogP contribution in [0.2, 0.25) is 0 Å². The summed E-state index contributed by atoms with van der Waals surface area (Å²) in [7, 11) is 0. The molecule has 0 unspecified atom stereocenters. The molecule has 2 heterocycles. The predicted octanol–water partition coefficient (Wildman–Crippen LogP) is 3.97. The Morgan fingerprint density at radius 2 is 1.79 bits per heavy atom. The first kappa shape index (κ1) is 14.2. The van der Waals surface area contributed by atoms with Crippen molar-refractivity contribution in [2.45, 2.75) is 6.61 Å².